The van der Waals surface area contributed by atoms with Gasteiger partial charge >= 0.3 is 0 Å². The van der Waals surface area contributed by atoms with Crippen molar-refractivity contribution in [2.24, 2.45) is 0 Å². The SMILES string of the molecule is CCOc1ccc(C2c3c(oc4ccc(Cl)cc4c3=O)C(=O)N2c2nc(C)c(C(C)=O)s2)cc1OC. The van der Waals surface area contributed by atoms with Crippen molar-refractivity contribution in [3.8, 4) is 11.5 Å². The largest absolute Gasteiger partial charge is 0.493 e. The molecule has 0 N–H and O–H groups in total. The van der Waals surface area contributed by atoms with Crippen LogP contribution >= 0.6 is 22.9 Å². The quantitative estimate of drug-likeness (QED) is 0.304. The number of carbonyl (C=O) groups excluding carboxylic acids is 2. The molecule has 1 atom stereocenters. The molecule has 0 saturated heterocycles. The Morgan fingerprint density at radius 2 is 1.97 bits per heavy atom. The first-order valence-electron chi connectivity index (χ1n) is 11.1. The van der Waals surface area contributed by atoms with Crippen LogP contribution in [0.15, 0.2) is 45.6 Å². The molecule has 1 aliphatic heterocycles. The van der Waals surface area contributed by atoms with Gasteiger partial charge in [-0.05, 0) is 49.7 Å². The van der Waals surface area contributed by atoms with Gasteiger partial charge in [0.1, 0.15) is 5.58 Å². The molecular weight excluding hydrogens is 504 g/mol. The van der Waals surface area contributed by atoms with E-state index in [1.807, 2.05) is 6.92 Å². The van der Waals surface area contributed by atoms with Gasteiger partial charge in [-0.15, -0.1) is 0 Å². The van der Waals surface area contributed by atoms with Gasteiger partial charge in [0.05, 0.1) is 41.3 Å². The monoisotopic (exact) mass is 524 g/mol. The molecule has 184 valence electrons. The average molecular weight is 525 g/mol. The summed E-state index contributed by atoms with van der Waals surface area (Å²) in [5.41, 5.74) is 1.14. The Balaban J connectivity index is 1.79. The fourth-order valence-corrected chi connectivity index (χ4v) is 5.56. The molecule has 4 aromatic rings. The first-order valence-corrected chi connectivity index (χ1v) is 12.3. The highest BCUT2D eigenvalue weighted by Crippen LogP contribution is 2.45. The van der Waals surface area contributed by atoms with E-state index in [0.717, 1.165) is 11.3 Å². The summed E-state index contributed by atoms with van der Waals surface area (Å²) < 4.78 is 17.1. The summed E-state index contributed by atoms with van der Waals surface area (Å²) in [7, 11) is 1.51. The Morgan fingerprint density at radius 3 is 2.64 bits per heavy atom. The highest BCUT2D eigenvalue weighted by atomic mass is 35.5. The lowest BCUT2D eigenvalue weighted by Gasteiger charge is -2.23. The van der Waals surface area contributed by atoms with Gasteiger partial charge in [0.15, 0.2) is 27.8 Å². The van der Waals surface area contributed by atoms with Crippen molar-refractivity contribution < 1.29 is 23.5 Å². The highest BCUT2D eigenvalue weighted by molar-refractivity contribution is 7.17. The molecule has 0 radical (unpaired) electrons. The van der Waals surface area contributed by atoms with Crippen molar-refractivity contribution >= 4 is 50.7 Å². The third-order valence-corrected chi connectivity index (χ3v) is 7.44. The summed E-state index contributed by atoms with van der Waals surface area (Å²) in [6.45, 7) is 5.45. The Kier molecular flexibility index (Phi) is 6.05. The minimum absolute atomic E-state index is 0.0788. The summed E-state index contributed by atoms with van der Waals surface area (Å²) in [5, 5.41) is 0.920. The summed E-state index contributed by atoms with van der Waals surface area (Å²) in [6, 6.07) is 9.02. The van der Waals surface area contributed by atoms with Crippen LogP contribution in [0.2, 0.25) is 5.02 Å². The van der Waals surface area contributed by atoms with Crippen LogP contribution in [0.25, 0.3) is 11.0 Å². The number of halogens is 1. The van der Waals surface area contributed by atoms with E-state index in [1.165, 1.54) is 25.0 Å². The Bertz CT molecular complexity index is 1610. The lowest BCUT2D eigenvalue weighted by atomic mass is 9.98. The van der Waals surface area contributed by atoms with Crippen molar-refractivity contribution in [1.29, 1.82) is 0 Å². The highest BCUT2D eigenvalue weighted by Gasteiger charge is 2.45. The summed E-state index contributed by atoms with van der Waals surface area (Å²) in [4.78, 5) is 46.0. The third-order valence-electron chi connectivity index (χ3n) is 5.95. The van der Waals surface area contributed by atoms with E-state index in [0.29, 0.717) is 39.3 Å². The second-order valence-electron chi connectivity index (χ2n) is 8.20. The van der Waals surface area contributed by atoms with Gasteiger partial charge in [0.25, 0.3) is 5.91 Å². The molecule has 0 fully saturated rings. The van der Waals surface area contributed by atoms with Crippen LogP contribution in [-0.2, 0) is 0 Å². The van der Waals surface area contributed by atoms with Crippen molar-refractivity contribution in [2.45, 2.75) is 26.8 Å². The number of aromatic nitrogens is 1. The van der Waals surface area contributed by atoms with Crippen molar-refractivity contribution in [3.05, 3.63) is 79.1 Å². The smallest absolute Gasteiger partial charge is 0.297 e. The van der Waals surface area contributed by atoms with E-state index >= 15 is 0 Å². The van der Waals surface area contributed by atoms with Gasteiger partial charge in [0.2, 0.25) is 5.76 Å². The van der Waals surface area contributed by atoms with Gasteiger partial charge in [-0.25, -0.2) is 4.98 Å². The maximum Gasteiger partial charge on any atom is 0.297 e. The second kappa shape index (κ2) is 9.07. The van der Waals surface area contributed by atoms with Crippen LogP contribution in [0.1, 0.15) is 56.9 Å². The van der Waals surface area contributed by atoms with E-state index in [-0.39, 0.29) is 38.6 Å². The van der Waals surface area contributed by atoms with Gasteiger partial charge in [-0.3, -0.25) is 19.3 Å². The minimum atomic E-state index is -0.873. The molecule has 2 aromatic heterocycles. The van der Waals surface area contributed by atoms with Crippen LogP contribution in [-0.4, -0.2) is 30.4 Å². The Morgan fingerprint density at radius 1 is 1.19 bits per heavy atom. The van der Waals surface area contributed by atoms with Crippen LogP contribution in [0.5, 0.6) is 11.5 Å². The summed E-state index contributed by atoms with van der Waals surface area (Å²) in [5.74, 6) is 0.212. The fourth-order valence-electron chi connectivity index (χ4n) is 4.40. The summed E-state index contributed by atoms with van der Waals surface area (Å²) >= 11 is 7.25. The standard InChI is InChI=1S/C26H21ClN2O6S/c1-5-34-18-8-6-14(10-19(18)33-4)21-20-22(31)16-11-15(27)7-9-17(16)35-23(20)25(32)29(21)26-28-12(2)24(36-26)13(3)30/h6-11,21H,5H2,1-4H3. The van der Waals surface area contributed by atoms with Crippen molar-refractivity contribution in [3.63, 3.8) is 0 Å². The molecular formula is C26H21ClN2O6S. The molecule has 1 aliphatic rings. The number of hydrogen-bond acceptors (Lipinski definition) is 8. The number of ether oxygens (including phenoxy) is 2. The predicted molar refractivity (Wildman–Crippen MR) is 137 cm³/mol. The van der Waals surface area contributed by atoms with E-state index in [9.17, 15) is 14.4 Å². The van der Waals surface area contributed by atoms with Gasteiger partial charge < -0.3 is 13.9 Å². The minimum Gasteiger partial charge on any atom is -0.493 e. The summed E-state index contributed by atoms with van der Waals surface area (Å²) in [6.07, 6.45) is 0. The van der Waals surface area contributed by atoms with Crippen LogP contribution in [0.4, 0.5) is 5.13 Å². The van der Waals surface area contributed by atoms with Gasteiger partial charge in [-0.2, -0.15) is 0 Å². The normalized spacial score (nSPS) is 14.9. The molecule has 3 heterocycles. The van der Waals surface area contributed by atoms with Crippen LogP contribution in [0.3, 0.4) is 0 Å². The number of benzene rings is 2. The number of ketones is 1. The van der Waals surface area contributed by atoms with Gasteiger partial charge in [-0.1, -0.05) is 29.0 Å². The zero-order valence-electron chi connectivity index (χ0n) is 19.9. The molecule has 10 heteroatoms. The molecule has 0 spiro atoms. The molecule has 1 unspecified atom stereocenters. The first kappa shape index (κ1) is 24.0. The number of thiazole rings is 1. The molecule has 5 rings (SSSR count). The maximum atomic E-state index is 13.8. The molecule has 0 saturated carbocycles. The number of aryl methyl sites for hydroxylation is 1. The number of amides is 1. The van der Waals surface area contributed by atoms with Crippen molar-refractivity contribution in [2.75, 3.05) is 18.6 Å². The molecule has 2 aromatic carbocycles. The zero-order valence-corrected chi connectivity index (χ0v) is 21.5. The number of fused-ring (bicyclic) bond motifs is 2. The number of rotatable bonds is 6. The molecule has 36 heavy (non-hydrogen) atoms. The first-order chi connectivity index (χ1) is 17.2. The topological polar surface area (TPSA) is 98.9 Å². The van der Waals surface area contributed by atoms with E-state index in [4.69, 9.17) is 25.5 Å². The Hall–Kier alpha value is -3.69. The number of methoxy groups -OCH3 is 1. The Labute approximate surface area is 215 Å². The molecule has 0 bridgehead atoms. The molecule has 0 aliphatic carbocycles. The number of carbonyl (C=O) groups is 2. The second-order valence-corrected chi connectivity index (χ2v) is 9.62. The van der Waals surface area contributed by atoms with Crippen LogP contribution in [0, 0.1) is 6.92 Å². The zero-order chi connectivity index (χ0) is 25.7. The average Bonchev–Trinajstić information content (AvgIpc) is 3.37. The maximum absolute atomic E-state index is 13.8. The van der Waals surface area contributed by atoms with Crippen molar-refractivity contribution in [1.82, 2.24) is 4.98 Å². The van der Waals surface area contributed by atoms with Gasteiger partial charge in [0, 0.05) is 11.9 Å². The number of hydrogen-bond donors (Lipinski definition) is 0. The predicted octanol–water partition coefficient (Wildman–Crippen LogP) is 5.57. The lowest BCUT2D eigenvalue weighted by molar-refractivity contribution is 0.0969. The third kappa shape index (κ3) is 3.75. The molecule has 1 amide bonds. The van der Waals surface area contributed by atoms with Crippen LogP contribution < -0.4 is 19.8 Å². The van der Waals surface area contributed by atoms with E-state index in [1.54, 1.807) is 37.3 Å². The number of Topliss-reactive ketones (excluding diaryl/α,β-unsaturated/α-hetero) is 1. The number of nitrogens with zero attached hydrogens (tertiary/aromatic N) is 2. The van der Waals surface area contributed by atoms with E-state index in [2.05, 4.69) is 4.98 Å². The number of anilines is 1. The lowest BCUT2D eigenvalue weighted by Crippen LogP contribution is -2.29. The van der Waals surface area contributed by atoms with E-state index < -0.39 is 11.9 Å². The molecule has 8 nitrogen and oxygen atoms in total. The fraction of sp³-hybridized carbons (Fsp3) is 0.231.